The lowest BCUT2D eigenvalue weighted by atomic mass is 9.96. The Balaban J connectivity index is 0.00000256. The summed E-state index contributed by atoms with van der Waals surface area (Å²) < 4.78 is 8.19. The highest BCUT2D eigenvalue weighted by atomic mass is 127. The van der Waals surface area contributed by atoms with Crippen molar-refractivity contribution in [3.05, 3.63) is 41.5 Å². The molecule has 1 saturated carbocycles. The van der Waals surface area contributed by atoms with Crippen LogP contribution >= 0.6 is 24.0 Å². The van der Waals surface area contributed by atoms with E-state index in [9.17, 15) is 0 Å². The van der Waals surface area contributed by atoms with Crippen LogP contribution < -0.4 is 15.4 Å². The molecule has 1 unspecified atom stereocenters. The summed E-state index contributed by atoms with van der Waals surface area (Å²) in [6, 6.07) is 8.55. The van der Waals surface area contributed by atoms with Crippen LogP contribution in [0.4, 0.5) is 0 Å². The van der Waals surface area contributed by atoms with Crippen LogP contribution in [0, 0.1) is 0 Å². The molecule has 0 amide bonds. The van der Waals surface area contributed by atoms with Crippen molar-refractivity contribution < 1.29 is 4.74 Å². The Morgan fingerprint density at radius 3 is 2.80 bits per heavy atom. The number of nitrogens with zero attached hydrogens (tertiary/aromatic N) is 4. The van der Waals surface area contributed by atoms with Gasteiger partial charge in [0.25, 0.3) is 0 Å². The zero-order chi connectivity index (χ0) is 20.1. The first kappa shape index (κ1) is 22.8. The molecule has 2 N–H and O–H groups in total. The highest BCUT2D eigenvalue weighted by Gasteiger charge is 2.22. The van der Waals surface area contributed by atoms with E-state index in [0.717, 1.165) is 74.1 Å². The van der Waals surface area contributed by atoms with Gasteiger partial charge in [-0.1, -0.05) is 25.1 Å². The second-order valence-corrected chi connectivity index (χ2v) is 7.83. The average Bonchev–Trinajstić information content (AvgIpc) is 3.12. The van der Waals surface area contributed by atoms with E-state index >= 15 is 0 Å². The molecule has 164 valence electrons. The third-order valence-corrected chi connectivity index (χ3v) is 5.63. The molecule has 8 heteroatoms. The Kier molecular flexibility index (Phi) is 8.35. The van der Waals surface area contributed by atoms with Crippen molar-refractivity contribution in [1.29, 1.82) is 0 Å². The molecule has 1 aliphatic carbocycles. The van der Waals surface area contributed by atoms with E-state index in [1.807, 2.05) is 10.7 Å². The second kappa shape index (κ2) is 11.0. The maximum absolute atomic E-state index is 6.15. The van der Waals surface area contributed by atoms with Crippen molar-refractivity contribution in [3.8, 4) is 5.75 Å². The Morgan fingerprint density at radius 1 is 1.23 bits per heavy atom. The number of hydrogen-bond acceptors (Lipinski definition) is 4. The molecule has 30 heavy (non-hydrogen) atoms. The predicted octanol–water partition coefficient (Wildman–Crippen LogP) is 3.46. The number of guanidine groups is 1. The van der Waals surface area contributed by atoms with Crippen molar-refractivity contribution >= 4 is 29.9 Å². The van der Waals surface area contributed by atoms with Crippen LogP contribution in [-0.2, 0) is 25.9 Å². The Morgan fingerprint density at radius 2 is 2.07 bits per heavy atom. The fourth-order valence-electron chi connectivity index (χ4n) is 3.72. The molecule has 0 radical (unpaired) electrons. The zero-order valence-corrected chi connectivity index (χ0v) is 20.3. The third-order valence-electron chi connectivity index (χ3n) is 5.63. The normalized spacial score (nSPS) is 18.7. The van der Waals surface area contributed by atoms with Crippen molar-refractivity contribution in [2.75, 3.05) is 6.54 Å². The smallest absolute Gasteiger partial charge is 0.191 e. The number of ether oxygens (including phenoxy) is 1. The maximum Gasteiger partial charge on any atom is 0.191 e. The molecule has 1 atom stereocenters. The third kappa shape index (κ3) is 5.65. The lowest BCUT2D eigenvalue weighted by Gasteiger charge is -2.27. The molecule has 2 heterocycles. The number of hydrogen-bond donors (Lipinski definition) is 2. The minimum atomic E-state index is 0. The van der Waals surface area contributed by atoms with E-state index in [-0.39, 0.29) is 24.0 Å². The summed E-state index contributed by atoms with van der Waals surface area (Å²) >= 11 is 0. The van der Waals surface area contributed by atoms with Crippen molar-refractivity contribution in [2.24, 2.45) is 4.99 Å². The molecule has 4 rings (SSSR count). The van der Waals surface area contributed by atoms with Gasteiger partial charge in [0.05, 0.1) is 19.2 Å². The van der Waals surface area contributed by atoms with Gasteiger partial charge in [-0.2, -0.15) is 5.10 Å². The topological polar surface area (TPSA) is 76.4 Å². The van der Waals surface area contributed by atoms with Crippen LogP contribution in [0.3, 0.4) is 0 Å². The Labute approximate surface area is 196 Å². The molecule has 1 aromatic carbocycles. The van der Waals surface area contributed by atoms with E-state index in [0.29, 0.717) is 18.7 Å². The lowest BCUT2D eigenvalue weighted by Crippen LogP contribution is -2.47. The summed E-state index contributed by atoms with van der Waals surface area (Å²) in [6.07, 6.45) is 6.83. The number of nitrogens with one attached hydrogen (secondary N) is 2. The number of aryl methyl sites for hydroxylation is 2. The first-order chi connectivity index (χ1) is 14.2. The lowest BCUT2D eigenvalue weighted by molar-refractivity contribution is 0.119. The Hall–Kier alpha value is -1.84. The first-order valence-electron chi connectivity index (χ1n) is 11.0. The molecule has 0 saturated heterocycles. The van der Waals surface area contributed by atoms with E-state index in [4.69, 9.17) is 9.73 Å². The van der Waals surface area contributed by atoms with Gasteiger partial charge in [0.2, 0.25) is 0 Å². The fraction of sp³-hybridized carbons (Fsp3) is 0.591. The molecule has 1 aromatic heterocycles. The predicted molar refractivity (Wildman–Crippen MR) is 130 cm³/mol. The molecule has 0 spiro atoms. The van der Waals surface area contributed by atoms with E-state index in [2.05, 4.69) is 52.8 Å². The van der Waals surface area contributed by atoms with Crippen LogP contribution in [0.15, 0.2) is 29.3 Å². The summed E-state index contributed by atoms with van der Waals surface area (Å²) in [5, 5.41) is 11.6. The number of benzene rings is 1. The van der Waals surface area contributed by atoms with Gasteiger partial charge in [-0.05, 0) is 38.7 Å². The molecule has 2 aromatic rings. The fourth-order valence-corrected chi connectivity index (χ4v) is 3.72. The largest absolute Gasteiger partial charge is 0.490 e. The number of aliphatic imine (C=N–C) groups is 1. The van der Waals surface area contributed by atoms with Crippen LogP contribution in [-0.4, -0.2) is 39.4 Å². The van der Waals surface area contributed by atoms with E-state index < -0.39 is 0 Å². The van der Waals surface area contributed by atoms with Crippen LogP contribution in [0.5, 0.6) is 5.75 Å². The standard InChI is InChI=1S/C22H32N6O.HI/c1-3-20-26-21-13-12-17(15-28(21)27-20)25-22(23-4-2)24-14-16-8-5-6-11-19(16)29-18-9-7-10-18;/h5-6,8,11,17-18H,3-4,7,9-10,12-15H2,1-2H3,(H2,23,24,25);1H. The van der Waals surface area contributed by atoms with Gasteiger partial charge < -0.3 is 15.4 Å². The molecule has 1 fully saturated rings. The SMILES string of the molecule is CCNC(=NCc1ccccc1OC1CCC1)NC1CCc2nc(CC)nn2C1.I. The summed E-state index contributed by atoms with van der Waals surface area (Å²) in [5.41, 5.74) is 1.13. The van der Waals surface area contributed by atoms with E-state index in [1.165, 1.54) is 6.42 Å². The van der Waals surface area contributed by atoms with Gasteiger partial charge in [-0.25, -0.2) is 14.7 Å². The summed E-state index contributed by atoms with van der Waals surface area (Å²) in [6.45, 7) is 6.44. The van der Waals surface area contributed by atoms with Crippen molar-refractivity contribution in [2.45, 2.75) is 77.6 Å². The van der Waals surface area contributed by atoms with Crippen molar-refractivity contribution in [3.63, 3.8) is 0 Å². The van der Waals surface area contributed by atoms with Crippen LogP contribution in [0.2, 0.25) is 0 Å². The number of rotatable bonds is 7. The molecular formula is C22H33IN6O. The number of aromatic nitrogens is 3. The minimum absolute atomic E-state index is 0. The highest BCUT2D eigenvalue weighted by Crippen LogP contribution is 2.28. The molecule has 2 aliphatic rings. The number of fused-ring (bicyclic) bond motifs is 1. The highest BCUT2D eigenvalue weighted by molar-refractivity contribution is 14.0. The quantitative estimate of drug-likeness (QED) is 0.330. The maximum atomic E-state index is 6.15. The van der Waals surface area contributed by atoms with Gasteiger partial charge in [-0.3, -0.25) is 0 Å². The monoisotopic (exact) mass is 524 g/mol. The van der Waals surface area contributed by atoms with Gasteiger partial charge in [-0.15, -0.1) is 24.0 Å². The zero-order valence-electron chi connectivity index (χ0n) is 17.9. The first-order valence-corrected chi connectivity index (χ1v) is 11.0. The minimum Gasteiger partial charge on any atom is -0.490 e. The number of para-hydroxylation sites is 1. The van der Waals surface area contributed by atoms with Gasteiger partial charge >= 0.3 is 0 Å². The second-order valence-electron chi connectivity index (χ2n) is 7.83. The van der Waals surface area contributed by atoms with E-state index in [1.54, 1.807) is 0 Å². The van der Waals surface area contributed by atoms with Crippen molar-refractivity contribution in [1.82, 2.24) is 25.4 Å². The number of halogens is 1. The van der Waals surface area contributed by atoms with Gasteiger partial charge in [0, 0.05) is 31.0 Å². The summed E-state index contributed by atoms with van der Waals surface area (Å²) in [7, 11) is 0. The summed E-state index contributed by atoms with van der Waals surface area (Å²) in [5.74, 6) is 3.84. The van der Waals surface area contributed by atoms with Gasteiger partial charge in [0.15, 0.2) is 11.8 Å². The van der Waals surface area contributed by atoms with Gasteiger partial charge in [0.1, 0.15) is 11.6 Å². The average molecular weight is 524 g/mol. The molecular weight excluding hydrogens is 491 g/mol. The summed E-state index contributed by atoms with van der Waals surface area (Å²) in [4.78, 5) is 9.44. The Bertz CT molecular complexity index is 848. The molecule has 0 bridgehead atoms. The van der Waals surface area contributed by atoms with Crippen LogP contribution in [0.25, 0.3) is 0 Å². The molecule has 1 aliphatic heterocycles. The molecule has 7 nitrogen and oxygen atoms in total. The van der Waals surface area contributed by atoms with Crippen LogP contribution in [0.1, 0.15) is 56.7 Å².